The third-order valence-corrected chi connectivity index (χ3v) is 5.48. The van der Waals surface area contributed by atoms with Crippen LogP contribution in [-0.2, 0) is 16.6 Å². The topological polar surface area (TPSA) is 40.5 Å². The third kappa shape index (κ3) is 5.03. The lowest BCUT2D eigenvalue weighted by Crippen LogP contribution is -2.48. The number of rotatable bonds is 5. The molecule has 0 radical (unpaired) electrons. The maximum atomic E-state index is 13.3. The lowest BCUT2D eigenvalue weighted by molar-refractivity contribution is -0.147. The van der Waals surface area contributed by atoms with Crippen LogP contribution in [0.25, 0.3) is 0 Å². The van der Waals surface area contributed by atoms with Gasteiger partial charge in [0.25, 0.3) is 0 Å². The first-order valence-electron chi connectivity index (χ1n) is 9.63. The summed E-state index contributed by atoms with van der Waals surface area (Å²) in [4.78, 5) is 14.6. The van der Waals surface area contributed by atoms with E-state index in [9.17, 15) is 23.1 Å². The molecule has 1 saturated heterocycles. The van der Waals surface area contributed by atoms with Gasteiger partial charge in [-0.2, -0.15) is 13.2 Å². The smallest absolute Gasteiger partial charge is 0.385 e. The number of benzene rings is 1. The van der Waals surface area contributed by atoms with Gasteiger partial charge in [-0.15, -0.1) is 0 Å². The standard InChI is InChI=1S/C21H30F3NO2/c1-14(2)13-16(15(3)4)19(26)25-11-9-20(27,10-12-25)17-7-5-6-8-18(17)21(22,23)24/h5-8,14-16,27H,9-13H2,1-4H3. The van der Waals surface area contributed by atoms with Gasteiger partial charge in [0.1, 0.15) is 0 Å². The van der Waals surface area contributed by atoms with E-state index in [-0.39, 0.29) is 49.2 Å². The first-order chi connectivity index (χ1) is 12.5. The number of aliphatic hydroxyl groups is 1. The quantitative estimate of drug-likeness (QED) is 0.788. The second-order valence-electron chi connectivity index (χ2n) is 8.38. The van der Waals surface area contributed by atoms with E-state index in [2.05, 4.69) is 13.8 Å². The fourth-order valence-electron chi connectivity index (χ4n) is 3.90. The lowest BCUT2D eigenvalue weighted by atomic mass is 9.80. The molecule has 1 unspecified atom stereocenters. The van der Waals surface area contributed by atoms with Crippen molar-refractivity contribution < 1.29 is 23.1 Å². The highest BCUT2D eigenvalue weighted by Gasteiger charge is 2.43. The highest BCUT2D eigenvalue weighted by Crippen LogP contribution is 2.41. The van der Waals surface area contributed by atoms with Crippen LogP contribution in [0, 0.1) is 17.8 Å². The van der Waals surface area contributed by atoms with Crippen LogP contribution in [0.1, 0.15) is 58.1 Å². The van der Waals surface area contributed by atoms with E-state index >= 15 is 0 Å². The number of hydrogen-bond acceptors (Lipinski definition) is 2. The molecule has 0 bridgehead atoms. The van der Waals surface area contributed by atoms with E-state index in [0.717, 1.165) is 12.5 Å². The number of carbonyl (C=O) groups is 1. The van der Waals surface area contributed by atoms with Crippen molar-refractivity contribution in [3.8, 4) is 0 Å². The van der Waals surface area contributed by atoms with Crippen LogP contribution >= 0.6 is 0 Å². The minimum Gasteiger partial charge on any atom is -0.385 e. The summed E-state index contributed by atoms with van der Waals surface area (Å²) in [5, 5.41) is 10.9. The van der Waals surface area contributed by atoms with Crippen LogP contribution in [0.2, 0.25) is 0 Å². The zero-order valence-electron chi connectivity index (χ0n) is 16.5. The summed E-state index contributed by atoms with van der Waals surface area (Å²) in [5.74, 6) is 0.539. The highest BCUT2D eigenvalue weighted by atomic mass is 19.4. The molecule has 6 heteroatoms. The molecule has 1 aliphatic rings. The van der Waals surface area contributed by atoms with E-state index in [0.29, 0.717) is 5.92 Å². The molecular formula is C21H30F3NO2. The van der Waals surface area contributed by atoms with Gasteiger partial charge in [0, 0.05) is 19.0 Å². The number of carbonyl (C=O) groups excluding carboxylic acids is 1. The molecule has 0 aromatic heterocycles. The first-order valence-corrected chi connectivity index (χ1v) is 9.63. The monoisotopic (exact) mass is 385 g/mol. The van der Waals surface area contributed by atoms with E-state index in [1.54, 1.807) is 4.90 Å². The summed E-state index contributed by atoms with van der Waals surface area (Å²) in [7, 11) is 0. The fourth-order valence-corrected chi connectivity index (χ4v) is 3.90. The van der Waals surface area contributed by atoms with Gasteiger partial charge in [-0.1, -0.05) is 45.9 Å². The molecular weight excluding hydrogens is 355 g/mol. The van der Waals surface area contributed by atoms with Gasteiger partial charge in [0.05, 0.1) is 11.2 Å². The first kappa shape index (κ1) is 21.7. The minimum absolute atomic E-state index is 0.0462. The zero-order chi connectivity index (χ0) is 20.4. The number of alkyl halides is 3. The molecule has 1 aromatic carbocycles. The Morgan fingerprint density at radius 3 is 2.19 bits per heavy atom. The van der Waals surface area contributed by atoms with Gasteiger partial charge >= 0.3 is 6.18 Å². The number of amides is 1. The van der Waals surface area contributed by atoms with E-state index in [1.165, 1.54) is 18.2 Å². The normalized spacial score (nSPS) is 18.8. The van der Waals surface area contributed by atoms with E-state index in [4.69, 9.17) is 0 Å². The average molecular weight is 385 g/mol. The molecule has 1 aromatic rings. The Kier molecular flexibility index (Phi) is 6.61. The molecule has 1 atom stereocenters. The van der Waals surface area contributed by atoms with Crippen molar-refractivity contribution in [2.75, 3.05) is 13.1 Å². The van der Waals surface area contributed by atoms with Gasteiger partial charge in [-0.3, -0.25) is 4.79 Å². The van der Waals surface area contributed by atoms with E-state index in [1.807, 2.05) is 13.8 Å². The SMILES string of the molecule is CC(C)CC(C(=O)N1CCC(O)(c2ccccc2C(F)(F)F)CC1)C(C)C. The summed E-state index contributed by atoms with van der Waals surface area (Å²) >= 11 is 0. The van der Waals surface area contributed by atoms with Crippen molar-refractivity contribution in [1.29, 1.82) is 0 Å². The van der Waals surface area contributed by atoms with Gasteiger partial charge in [0.2, 0.25) is 5.91 Å². The Morgan fingerprint density at radius 1 is 1.15 bits per heavy atom. The second-order valence-corrected chi connectivity index (χ2v) is 8.38. The van der Waals surface area contributed by atoms with Crippen molar-refractivity contribution >= 4 is 5.91 Å². The number of likely N-dealkylation sites (tertiary alicyclic amines) is 1. The Morgan fingerprint density at radius 2 is 1.70 bits per heavy atom. The Labute approximate surface area is 159 Å². The molecule has 27 heavy (non-hydrogen) atoms. The highest BCUT2D eigenvalue weighted by molar-refractivity contribution is 5.79. The number of hydrogen-bond donors (Lipinski definition) is 1. The van der Waals surface area contributed by atoms with Crippen LogP contribution in [0.3, 0.4) is 0 Å². The molecule has 152 valence electrons. The lowest BCUT2D eigenvalue weighted by Gasteiger charge is -2.41. The van der Waals surface area contributed by atoms with Crippen molar-refractivity contribution in [2.45, 2.75) is 58.7 Å². The van der Waals surface area contributed by atoms with Gasteiger partial charge in [-0.25, -0.2) is 0 Å². The molecule has 1 aliphatic heterocycles. The van der Waals surface area contributed by atoms with Crippen LogP contribution in [0.4, 0.5) is 13.2 Å². The van der Waals surface area contributed by atoms with Gasteiger partial charge < -0.3 is 10.0 Å². The van der Waals surface area contributed by atoms with Crippen LogP contribution in [0.5, 0.6) is 0 Å². The number of piperidine rings is 1. The molecule has 1 fully saturated rings. The molecule has 1 amide bonds. The second kappa shape index (κ2) is 8.21. The summed E-state index contributed by atoms with van der Waals surface area (Å²) in [6, 6.07) is 5.18. The maximum Gasteiger partial charge on any atom is 0.416 e. The zero-order valence-corrected chi connectivity index (χ0v) is 16.5. The summed E-state index contributed by atoms with van der Waals surface area (Å²) < 4.78 is 40.0. The van der Waals surface area contributed by atoms with Crippen molar-refractivity contribution in [1.82, 2.24) is 4.90 Å². The van der Waals surface area contributed by atoms with Gasteiger partial charge in [0.15, 0.2) is 0 Å². The Balaban J connectivity index is 2.16. The molecule has 2 rings (SSSR count). The van der Waals surface area contributed by atoms with Gasteiger partial charge in [-0.05, 0) is 42.7 Å². The fraction of sp³-hybridized carbons (Fsp3) is 0.667. The summed E-state index contributed by atoms with van der Waals surface area (Å²) in [5.41, 5.74) is -2.45. The van der Waals surface area contributed by atoms with Crippen LogP contribution < -0.4 is 0 Å². The van der Waals surface area contributed by atoms with Crippen molar-refractivity contribution in [3.05, 3.63) is 35.4 Å². The molecule has 0 aliphatic carbocycles. The van der Waals surface area contributed by atoms with Crippen LogP contribution in [-0.4, -0.2) is 29.0 Å². The summed E-state index contributed by atoms with van der Waals surface area (Å²) in [6.07, 6.45) is -3.51. The predicted molar refractivity (Wildman–Crippen MR) is 98.9 cm³/mol. The van der Waals surface area contributed by atoms with Crippen LogP contribution in [0.15, 0.2) is 24.3 Å². The minimum atomic E-state index is -4.51. The number of nitrogens with zero attached hydrogens (tertiary/aromatic N) is 1. The maximum absolute atomic E-state index is 13.3. The Bertz CT molecular complexity index is 647. The third-order valence-electron chi connectivity index (χ3n) is 5.48. The molecule has 1 heterocycles. The largest absolute Gasteiger partial charge is 0.416 e. The average Bonchev–Trinajstić information content (AvgIpc) is 2.58. The number of halogens is 3. The molecule has 0 saturated carbocycles. The molecule has 1 N–H and O–H groups in total. The van der Waals surface area contributed by atoms with Crippen molar-refractivity contribution in [2.24, 2.45) is 17.8 Å². The molecule has 3 nitrogen and oxygen atoms in total. The Hall–Kier alpha value is -1.56. The van der Waals surface area contributed by atoms with Crippen molar-refractivity contribution in [3.63, 3.8) is 0 Å². The van der Waals surface area contributed by atoms with E-state index < -0.39 is 17.3 Å². The molecule has 0 spiro atoms. The predicted octanol–water partition coefficient (Wildman–Crippen LogP) is 4.83. The summed E-state index contributed by atoms with van der Waals surface area (Å²) in [6.45, 7) is 8.72.